The van der Waals surface area contributed by atoms with Gasteiger partial charge < -0.3 is 24.8 Å². The van der Waals surface area contributed by atoms with Crippen LogP contribution in [0.5, 0.6) is 17.2 Å². The molecule has 0 heterocycles. The van der Waals surface area contributed by atoms with Gasteiger partial charge in [0.1, 0.15) is 12.4 Å². The fourth-order valence-electron chi connectivity index (χ4n) is 3.23. The highest BCUT2D eigenvalue weighted by atomic mass is 16.5. The summed E-state index contributed by atoms with van der Waals surface area (Å²) in [6, 6.07) is 22.4. The van der Waals surface area contributed by atoms with Crippen molar-refractivity contribution in [2.24, 2.45) is 0 Å². The van der Waals surface area contributed by atoms with Crippen LogP contribution in [0.2, 0.25) is 0 Å². The van der Waals surface area contributed by atoms with Crippen molar-refractivity contribution in [3.05, 3.63) is 89.5 Å². The molecule has 3 aromatic rings. The van der Waals surface area contributed by atoms with E-state index in [0.29, 0.717) is 43.4 Å². The largest absolute Gasteiger partial charge is 0.490 e. The van der Waals surface area contributed by atoms with Crippen LogP contribution in [0.1, 0.15) is 35.3 Å². The van der Waals surface area contributed by atoms with Crippen molar-refractivity contribution >= 4 is 11.8 Å². The Morgan fingerprint density at radius 2 is 1.47 bits per heavy atom. The summed E-state index contributed by atoms with van der Waals surface area (Å²) in [6.07, 6.45) is 0. The molecule has 0 atom stereocenters. The molecular weight excluding hydrogens is 432 g/mol. The van der Waals surface area contributed by atoms with Crippen LogP contribution in [0, 0.1) is 0 Å². The lowest BCUT2D eigenvalue weighted by Crippen LogP contribution is -2.36. The Bertz CT molecular complexity index is 1090. The van der Waals surface area contributed by atoms with Gasteiger partial charge in [-0.05, 0) is 55.3 Å². The molecule has 0 saturated carbocycles. The SMILES string of the molecule is CCOc1ccc(C(=O)NCC(=O)NCc2cccc(COc3ccccc3)c2)cc1OCC. The van der Waals surface area contributed by atoms with Gasteiger partial charge >= 0.3 is 0 Å². The Kier molecular flexibility index (Phi) is 9.34. The summed E-state index contributed by atoms with van der Waals surface area (Å²) in [5.74, 6) is 1.24. The van der Waals surface area contributed by atoms with Gasteiger partial charge in [-0.25, -0.2) is 0 Å². The Labute approximate surface area is 200 Å². The first-order valence-corrected chi connectivity index (χ1v) is 11.3. The number of rotatable bonds is 12. The molecule has 0 aliphatic heterocycles. The summed E-state index contributed by atoms with van der Waals surface area (Å²) < 4.78 is 16.8. The number of nitrogens with one attached hydrogen (secondary N) is 2. The van der Waals surface area contributed by atoms with Crippen molar-refractivity contribution < 1.29 is 23.8 Å². The minimum absolute atomic E-state index is 0.132. The van der Waals surface area contributed by atoms with Gasteiger partial charge in [-0.1, -0.05) is 42.5 Å². The molecule has 2 N–H and O–H groups in total. The molecule has 34 heavy (non-hydrogen) atoms. The highest BCUT2D eigenvalue weighted by molar-refractivity contribution is 5.97. The molecule has 0 fully saturated rings. The predicted octanol–water partition coefficient (Wildman–Crippen LogP) is 4.11. The summed E-state index contributed by atoms with van der Waals surface area (Å²) in [5, 5.41) is 5.46. The zero-order valence-electron chi connectivity index (χ0n) is 19.5. The van der Waals surface area contributed by atoms with Crippen molar-refractivity contribution in [1.82, 2.24) is 10.6 Å². The molecule has 0 unspecified atom stereocenters. The van der Waals surface area contributed by atoms with Crippen molar-refractivity contribution in [2.45, 2.75) is 27.0 Å². The Morgan fingerprint density at radius 1 is 0.735 bits per heavy atom. The fourth-order valence-corrected chi connectivity index (χ4v) is 3.23. The summed E-state index contributed by atoms with van der Waals surface area (Å²) in [7, 11) is 0. The average molecular weight is 463 g/mol. The minimum Gasteiger partial charge on any atom is -0.490 e. The van der Waals surface area contributed by atoms with Crippen LogP contribution in [-0.2, 0) is 17.9 Å². The van der Waals surface area contributed by atoms with E-state index in [1.807, 2.05) is 68.4 Å². The number of carbonyl (C=O) groups excluding carboxylic acids is 2. The third-order valence-corrected chi connectivity index (χ3v) is 4.84. The second-order valence-electron chi connectivity index (χ2n) is 7.41. The van der Waals surface area contributed by atoms with Gasteiger partial charge in [0.25, 0.3) is 5.91 Å². The summed E-state index contributed by atoms with van der Waals surface area (Å²) in [5.41, 5.74) is 2.34. The van der Waals surface area contributed by atoms with Gasteiger partial charge in [-0.15, -0.1) is 0 Å². The Balaban J connectivity index is 1.47. The lowest BCUT2D eigenvalue weighted by molar-refractivity contribution is -0.120. The van der Waals surface area contributed by atoms with Crippen LogP contribution in [0.4, 0.5) is 0 Å². The van der Waals surface area contributed by atoms with E-state index in [1.54, 1.807) is 18.2 Å². The van der Waals surface area contributed by atoms with Gasteiger partial charge in [0, 0.05) is 12.1 Å². The lowest BCUT2D eigenvalue weighted by Gasteiger charge is -2.12. The summed E-state index contributed by atoms with van der Waals surface area (Å²) in [6.45, 7) is 5.34. The molecule has 0 spiro atoms. The first kappa shape index (κ1) is 24.6. The molecular formula is C27H30N2O5. The first-order valence-electron chi connectivity index (χ1n) is 11.3. The molecule has 0 aliphatic rings. The maximum absolute atomic E-state index is 12.5. The molecule has 7 nitrogen and oxygen atoms in total. The quantitative estimate of drug-likeness (QED) is 0.423. The Morgan fingerprint density at radius 3 is 2.24 bits per heavy atom. The van der Waals surface area contributed by atoms with Crippen LogP contribution in [0.25, 0.3) is 0 Å². The van der Waals surface area contributed by atoms with Crippen molar-refractivity contribution in [2.75, 3.05) is 19.8 Å². The predicted molar refractivity (Wildman–Crippen MR) is 130 cm³/mol. The maximum Gasteiger partial charge on any atom is 0.251 e. The second-order valence-corrected chi connectivity index (χ2v) is 7.41. The summed E-state index contributed by atoms with van der Waals surface area (Å²) >= 11 is 0. The zero-order valence-corrected chi connectivity index (χ0v) is 19.5. The van der Waals surface area contributed by atoms with Crippen LogP contribution >= 0.6 is 0 Å². The van der Waals surface area contributed by atoms with Crippen molar-refractivity contribution in [1.29, 1.82) is 0 Å². The molecule has 0 aliphatic carbocycles. The topological polar surface area (TPSA) is 85.9 Å². The monoisotopic (exact) mass is 462 g/mol. The number of amides is 2. The third kappa shape index (κ3) is 7.55. The molecule has 0 bridgehead atoms. The van der Waals surface area contributed by atoms with Gasteiger partial charge in [0.15, 0.2) is 11.5 Å². The van der Waals surface area contributed by atoms with Crippen LogP contribution in [0.3, 0.4) is 0 Å². The molecule has 0 radical (unpaired) electrons. The molecule has 3 aromatic carbocycles. The molecule has 3 rings (SSSR count). The maximum atomic E-state index is 12.5. The molecule has 7 heteroatoms. The van der Waals surface area contributed by atoms with Crippen molar-refractivity contribution in [3.63, 3.8) is 0 Å². The van der Waals surface area contributed by atoms with Gasteiger partial charge in [0.2, 0.25) is 5.91 Å². The molecule has 0 aromatic heterocycles. The van der Waals surface area contributed by atoms with E-state index < -0.39 is 0 Å². The van der Waals surface area contributed by atoms with Crippen LogP contribution < -0.4 is 24.8 Å². The third-order valence-electron chi connectivity index (χ3n) is 4.84. The summed E-state index contributed by atoms with van der Waals surface area (Å²) in [4.78, 5) is 24.7. The van der Waals surface area contributed by atoms with E-state index in [-0.39, 0.29) is 18.4 Å². The number of hydrogen-bond donors (Lipinski definition) is 2. The molecule has 0 saturated heterocycles. The van der Waals surface area contributed by atoms with Gasteiger partial charge in [0.05, 0.1) is 19.8 Å². The number of ether oxygens (including phenoxy) is 3. The van der Waals surface area contributed by atoms with Crippen LogP contribution in [0.15, 0.2) is 72.8 Å². The standard InChI is InChI=1S/C27H30N2O5/c1-3-32-24-14-13-22(16-25(24)33-4-2)27(31)29-18-26(30)28-17-20-9-8-10-21(15-20)19-34-23-11-6-5-7-12-23/h5-16H,3-4,17-19H2,1-2H3,(H,28,30)(H,29,31). The number of para-hydroxylation sites is 1. The van der Waals surface area contributed by atoms with E-state index in [2.05, 4.69) is 10.6 Å². The van der Waals surface area contributed by atoms with Gasteiger partial charge in [-0.3, -0.25) is 9.59 Å². The molecule has 178 valence electrons. The Hall–Kier alpha value is -4.00. The average Bonchev–Trinajstić information content (AvgIpc) is 2.87. The van der Waals surface area contributed by atoms with E-state index >= 15 is 0 Å². The second kappa shape index (κ2) is 12.9. The van der Waals surface area contributed by atoms with E-state index in [0.717, 1.165) is 16.9 Å². The highest BCUT2D eigenvalue weighted by Crippen LogP contribution is 2.28. The van der Waals surface area contributed by atoms with E-state index in [4.69, 9.17) is 14.2 Å². The first-order chi connectivity index (χ1) is 16.6. The van der Waals surface area contributed by atoms with Crippen molar-refractivity contribution in [3.8, 4) is 17.2 Å². The molecule has 2 amide bonds. The lowest BCUT2D eigenvalue weighted by atomic mass is 10.1. The van der Waals surface area contributed by atoms with E-state index in [9.17, 15) is 9.59 Å². The normalized spacial score (nSPS) is 10.3. The highest BCUT2D eigenvalue weighted by Gasteiger charge is 2.12. The fraction of sp³-hybridized carbons (Fsp3) is 0.259. The minimum atomic E-state index is -0.362. The number of benzene rings is 3. The smallest absolute Gasteiger partial charge is 0.251 e. The van der Waals surface area contributed by atoms with Gasteiger partial charge in [-0.2, -0.15) is 0 Å². The number of carbonyl (C=O) groups is 2. The number of hydrogen-bond acceptors (Lipinski definition) is 5. The van der Waals surface area contributed by atoms with Crippen LogP contribution in [-0.4, -0.2) is 31.6 Å². The zero-order chi connectivity index (χ0) is 24.2. The van der Waals surface area contributed by atoms with E-state index in [1.165, 1.54) is 0 Å².